The lowest BCUT2D eigenvalue weighted by molar-refractivity contribution is 0.604. The molecule has 0 atom stereocenters. The maximum absolute atomic E-state index is 13.4. The van der Waals surface area contributed by atoms with Crippen molar-refractivity contribution in [2.45, 2.75) is 6.42 Å². The number of benzene rings is 1. The molecule has 0 radical (unpaired) electrons. The Hall–Kier alpha value is -0.120. The van der Waals surface area contributed by atoms with Crippen molar-refractivity contribution in [3.8, 4) is 0 Å². The molecule has 1 rings (SSSR count). The van der Waals surface area contributed by atoms with Crippen molar-refractivity contribution in [2.24, 2.45) is 0 Å². The van der Waals surface area contributed by atoms with Crippen LogP contribution in [-0.4, -0.2) is 13.6 Å². The van der Waals surface area contributed by atoms with Crippen molar-refractivity contribution in [2.75, 3.05) is 13.6 Å². The summed E-state index contributed by atoms with van der Waals surface area (Å²) < 4.78 is 14.0. The summed E-state index contributed by atoms with van der Waals surface area (Å²) in [7, 11) is 1.83. The third kappa shape index (κ3) is 2.66. The highest BCUT2D eigenvalue weighted by Crippen LogP contribution is 2.27. The highest BCUT2D eigenvalue weighted by atomic mass is 79.9. The minimum atomic E-state index is -0.328. The van der Waals surface area contributed by atoms with Gasteiger partial charge in [0.25, 0.3) is 0 Å². The Morgan fingerprint density at radius 1 is 1.54 bits per heavy atom. The molecular formula is C9H10BrClFN. The minimum absolute atomic E-state index is 0.161. The van der Waals surface area contributed by atoms with Gasteiger partial charge in [0, 0.05) is 4.47 Å². The smallest absolute Gasteiger partial charge is 0.146 e. The van der Waals surface area contributed by atoms with Gasteiger partial charge in [-0.1, -0.05) is 17.7 Å². The van der Waals surface area contributed by atoms with Gasteiger partial charge in [0.05, 0.1) is 5.02 Å². The highest BCUT2D eigenvalue weighted by Gasteiger charge is 2.08. The van der Waals surface area contributed by atoms with Crippen LogP contribution in [0.25, 0.3) is 0 Å². The lowest BCUT2D eigenvalue weighted by Gasteiger charge is -2.05. The van der Waals surface area contributed by atoms with E-state index in [1.165, 1.54) is 0 Å². The van der Waals surface area contributed by atoms with Crippen LogP contribution in [0.5, 0.6) is 0 Å². The molecule has 0 unspecified atom stereocenters. The van der Waals surface area contributed by atoms with Gasteiger partial charge in [-0.15, -0.1) is 0 Å². The second-order valence-corrected chi connectivity index (χ2v) is 3.92. The van der Waals surface area contributed by atoms with Crippen LogP contribution >= 0.6 is 27.5 Å². The van der Waals surface area contributed by atoms with E-state index in [0.717, 1.165) is 6.54 Å². The van der Waals surface area contributed by atoms with Crippen molar-refractivity contribution in [1.29, 1.82) is 0 Å². The van der Waals surface area contributed by atoms with Crippen LogP contribution in [0.1, 0.15) is 5.56 Å². The van der Waals surface area contributed by atoms with Crippen LogP contribution in [0.4, 0.5) is 4.39 Å². The number of hydrogen-bond donors (Lipinski definition) is 1. The summed E-state index contributed by atoms with van der Waals surface area (Å²) in [5.41, 5.74) is 0.641. The van der Waals surface area contributed by atoms with Crippen LogP contribution in [0, 0.1) is 5.82 Å². The van der Waals surface area contributed by atoms with Crippen molar-refractivity contribution < 1.29 is 4.39 Å². The predicted molar refractivity (Wildman–Crippen MR) is 56.7 cm³/mol. The lowest BCUT2D eigenvalue weighted by atomic mass is 10.1. The van der Waals surface area contributed by atoms with E-state index in [9.17, 15) is 4.39 Å². The SMILES string of the molecule is CNCCc1ccc(Br)c(Cl)c1F. The normalized spacial score (nSPS) is 10.5. The zero-order valence-electron chi connectivity index (χ0n) is 7.20. The fourth-order valence-electron chi connectivity index (χ4n) is 1.02. The molecule has 0 bridgehead atoms. The Bertz CT molecular complexity index is 304. The van der Waals surface area contributed by atoms with Gasteiger partial charge in [0.15, 0.2) is 0 Å². The van der Waals surface area contributed by atoms with Gasteiger partial charge in [-0.3, -0.25) is 0 Å². The summed E-state index contributed by atoms with van der Waals surface area (Å²) in [6, 6.07) is 3.50. The second-order valence-electron chi connectivity index (χ2n) is 2.69. The average molecular weight is 267 g/mol. The van der Waals surface area contributed by atoms with E-state index in [1.807, 2.05) is 7.05 Å². The van der Waals surface area contributed by atoms with E-state index < -0.39 is 0 Å². The van der Waals surface area contributed by atoms with Gasteiger partial charge in [-0.05, 0) is 47.6 Å². The zero-order chi connectivity index (χ0) is 9.84. The van der Waals surface area contributed by atoms with Crippen LogP contribution in [-0.2, 0) is 6.42 Å². The first-order valence-electron chi connectivity index (χ1n) is 3.93. The molecule has 0 aliphatic rings. The number of halogens is 3. The van der Waals surface area contributed by atoms with E-state index in [-0.39, 0.29) is 10.8 Å². The summed E-state index contributed by atoms with van der Waals surface area (Å²) in [5.74, 6) is -0.328. The third-order valence-corrected chi connectivity index (χ3v) is 3.02. The molecule has 0 saturated heterocycles. The molecular weight excluding hydrogens is 256 g/mol. The van der Waals surface area contributed by atoms with Crippen molar-refractivity contribution in [3.63, 3.8) is 0 Å². The first kappa shape index (κ1) is 11.0. The number of rotatable bonds is 3. The molecule has 0 heterocycles. The largest absolute Gasteiger partial charge is 0.319 e. The van der Waals surface area contributed by atoms with E-state index >= 15 is 0 Å². The molecule has 0 spiro atoms. The van der Waals surface area contributed by atoms with Gasteiger partial charge >= 0.3 is 0 Å². The molecule has 1 aromatic carbocycles. The molecule has 0 amide bonds. The summed E-state index contributed by atoms with van der Waals surface area (Å²) in [6.45, 7) is 0.745. The van der Waals surface area contributed by atoms with Crippen LogP contribution in [0.15, 0.2) is 16.6 Å². The third-order valence-electron chi connectivity index (χ3n) is 1.76. The molecule has 0 aromatic heterocycles. The Morgan fingerprint density at radius 3 is 2.85 bits per heavy atom. The topological polar surface area (TPSA) is 12.0 Å². The molecule has 1 aromatic rings. The molecule has 0 aliphatic carbocycles. The highest BCUT2D eigenvalue weighted by molar-refractivity contribution is 9.10. The molecule has 4 heteroatoms. The van der Waals surface area contributed by atoms with E-state index in [1.54, 1.807) is 12.1 Å². The molecule has 72 valence electrons. The Morgan fingerprint density at radius 2 is 2.23 bits per heavy atom. The van der Waals surface area contributed by atoms with Crippen molar-refractivity contribution in [3.05, 3.63) is 33.0 Å². The van der Waals surface area contributed by atoms with E-state index in [0.29, 0.717) is 16.5 Å². The monoisotopic (exact) mass is 265 g/mol. The summed E-state index contributed by atoms with van der Waals surface area (Å²) in [4.78, 5) is 0. The van der Waals surface area contributed by atoms with Crippen molar-refractivity contribution >= 4 is 27.5 Å². The lowest BCUT2D eigenvalue weighted by Crippen LogP contribution is -2.11. The first-order chi connectivity index (χ1) is 6.16. The van der Waals surface area contributed by atoms with Gasteiger partial charge < -0.3 is 5.32 Å². The van der Waals surface area contributed by atoms with Gasteiger partial charge in [0.1, 0.15) is 5.82 Å². The molecule has 1 N–H and O–H groups in total. The van der Waals surface area contributed by atoms with Gasteiger partial charge in [0.2, 0.25) is 0 Å². The first-order valence-corrected chi connectivity index (χ1v) is 5.11. The molecule has 1 nitrogen and oxygen atoms in total. The Kier molecular flexibility index (Phi) is 4.16. The molecule has 13 heavy (non-hydrogen) atoms. The number of likely N-dealkylation sites (N-methyl/N-ethyl adjacent to an activating group) is 1. The molecule has 0 saturated carbocycles. The zero-order valence-corrected chi connectivity index (χ0v) is 9.54. The Balaban J connectivity index is 2.90. The van der Waals surface area contributed by atoms with Gasteiger partial charge in [-0.25, -0.2) is 4.39 Å². The van der Waals surface area contributed by atoms with E-state index in [2.05, 4.69) is 21.2 Å². The van der Waals surface area contributed by atoms with Crippen LogP contribution < -0.4 is 5.32 Å². The maximum atomic E-state index is 13.4. The second kappa shape index (κ2) is 4.94. The fourth-order valence-corrected chi connectivity index (χ4v) is 1.51. The summed E-state index contributed by atoms with van der Waals surface area (Å²) in [6.07, 6.45) is 0.648. The molecule has 0 fully saturated rings. The minimum Gasteiger partial charge on any atom is -0.319 e. The summed E-state index contributed by atoms with van der Waals surface area (Å²) >= 11 is 8.88. The quantitative estimate of drug-likeness (QED) is 0.829. The summed E-state index contributed by atoms with van der Waals surface area (Å²) in [5, 5.41) is 3.12. The number of nitrogens with one attached hydrogen (secondary N) is 1. The van der Waals surface area contributed by atoms with E-state index in [4.69, 9.17) is 11.6 Å². The molecule has 0 aliphatic heterocycles. The maximum Gasteiger partial charge on any atom is 0.146 e. The Labute approximate surface area is 90.4 Å². The average Bonchev–Trinajstić information content (AvgIpc) is 2.13. The predicted octanol–water partition coefficient (Wildman–Crippen LogP) is 3.00. The van der Waals surface area contributed by atoms with Crippen LogP contribution in [0.3, 0.4) is 0 Å². The van der Waals surface area contributed by atoms with Crippen molar-refractivity contribution in [1.82, 2.24) is 5.32 Å². The fraction of sp³-hybridized carbons (Fsp3) is 0.333. The van der Waals surface area contributed by atoms with Crippen LogP contribution in [0.2, 0.25) is 5.02 Å². The standard InChI is InChI=1S/C9H10BrClFN/c1-13-5-4-6-2-3-7(10)8(11)9(6)12/h2-3,13H,4-5H2,1H3. The van der Waals surface area contributed by atoms with Gasteiger partial charge in [-0.2, -0.15) is 0 Å². The number of hydrogen-bond acceptors (Lipinski definition) is 1.